The lowest BCUT2D eigenvalue weighted by atomic mass is 9.99. The zero-order valence-electron chi connectivity index (χ0n) is 22.7. The normalized spacial score (nSPS) is 16.2. The van der Waals surface area contributed by atoms with E-state index in [2.05, 4.69) is 15.8 Å². The van der Waals surface area contributed by atoms with Gasteiger partial charge in [0.25, 0.3) is 5.91 Å². The SMILES string of the molecule is CC1(C)[C@@H](N(O)C(=O)Nc2ccc(Cl)cc2)N(c2ccc(Cl)cc2)C(=O)N1CC(=O)N/N=C\C=C/c1ccc([N+](=O)[O-])o1. The van der Waals surface area contributed by atoms with E-state index in [1.54, 1.807) is 62.4 Å². The Morgan fingerprint density at radius 3 is 2.35 bits per heavy atom. The van der Waals surface area contributed by atoms with Crippen molar-refractivity contribution in [2.75, 3.05) is 16.8 Å². The molecule has 43 heavy (non-hydrogen) atoms. The number of anilines is 2. The molecule has 3 N–H and O–H groups in total. The summed E-state index contributed by atoms with van der Waals surface area (Å²) in [5.74, 6) is -0.889. The van der Waals surface area contributed by atoms with Crippen LogP contribution in [0.4, 0.5) is 26.8 Å². The summed E-state index contributed by atoms with van der Waals surface area (Å²) in [5, 5.41) is 29.4. The number of hydrogen-bond donors (Lipinski definition) is 3. The van der Waals surface area contributed by atoms with E-state index in [0.717, 1.165) is 0 Å². The molecule has 0 aliphatic carbocycles. The number of benzene rings is 2. The van der Waals surface area contributed by atoms with Crippen LogP contribution >= 0.6 is 23.2 Å². The molecule has 16 heteroatoms. The average Bonchev–Trinajstić information content (AvgIpc) is 3.51. The van der Waals surface area contributed by atoms with Gasteiger partial charge in [0.15, 0.2) is 6.17 Å². The Labute approximate surface area is 254 Å². The molecule has 0 radical (unpaired) electrons. The molecule has 1 saturated heterocycles. The van der Waals surface area contributed by atoms with Gasteiger partial charge in [-0.2, -0.15) is 10.2 Å². The minimum Gasteiger partial charge on any atom is -0.401 e. The van der Waals surface area contributed by atoms with Gasteiger partial charge in [-0.3, -0.25) is 25.0 Å². The first-order valence-electron chi connectivity index (χ1n) is 12.5. The zero-order valence-corrected chi connectivity index (χ0v) is 24.2. The van der Waals surface area contributed by atoms with Crippen LogP contribution in [0, 0.1) is 10.1 Å². The van der Waals surface area contributed by atoms with E-state index in [0.29, 0.717) is 26.5 Å². The molecule has 0 unspecified atom stereocenters. The summed E-state index contributed by atoms with van der Waals surface area (Å²) in [5.41, 5.74) is 1.64. The third kappa shape index (κ3) is 7.12. The first-order valence-corrected chi connectivity index (χ1v) is 13.3. The number of hydrazone groups is 1. The Kier molecular flexibility index (Phi) is 9.34. The molecular weight excluding hydrogens is 605 g/mol. The maximum absolute atomic E-state index is 13.7. The first-order chi connectivity index (χ1) is 20.4. The molecule has 0 spiro atoms. The molecule has 1 atom stereocenters. The predicted octanol–water partition coefficient (Wildman–Crippen LogP) is 5.58. The lowest BCUT2D eigenvalue weighted by Gasteiger charge is -2.38. The fourth-order valence-corrected chi connectivity index (χ4v) is 4.55. The van der Waals surface area contributed by atoms with Crippen LogP contribution in [0.15, 0.2) is 76.3 Å². The average molecular weight is 630 g/mol. The molecule has 3 aromatic rings. The van der Waals surface area contributed by atoms with E-state index in [1.807, 2.05) is 0 Å². The van der Waals surface area contributed by atoms with Gasteiger partial charge >= 0.3 is 17.9 Å². The zero-order chi connectivity index (χ0) is 31.3. The Balaban J connectivity index is 1.50. The molecule has 0 saturated carbocycles. The van der Waals surface area contributed by atoms with Crippen LogP contribution < -0.4 is 15.6 Å². The summed E-state index contributed by atoms with van der Waals surface area (Å²) < 4.78 is 4.98. The topological polar surface area (TPSA) is 174 Å². The number of furan rings is 1. The van der Waals surface area contributed by atoms with Gasteiger partial charge in [-0.1, -0.05) is 23.2 Å². The van der Waals surface area contributed by atoms with Crippen LogP contribution in [-0.2, 0) is 4.79 Å². The molecule has 1 aliphatic rings. The third-order valence-corrected chi connectivity index (χ3v) is 6.86. The number of hydroxylamine groups is 2. The summed E-state index contributed by atoms with van der Waals surface area (Å²) in [6.45, 7) is 2.70. The van der Waals surface area contributed by atoms with Gasteiger partial charge in [-0.25, -0.2) is 15.0 Å². The number of nitrogens with one attached hydrogen (secondary N) is 2. The van der Waals surface area contributed by atoms with E-state index in [-0.39, 0.29) is 5.76 Å². The Morgan fingerprint density at radius 2 is 1.74 bits per heavy atom. The quantitative estimate of drug-likeness (QED) is 0.120. The highest BCUT2D eigenvalue weighted by Crippen LogP contribution is 2.38. The third-order valence-electron chi connectivity index (χ3n) is 6.35. The van der Waals surface area contributed by atoms with Crippen molar-refractivity contribution in [2.24, 2.45) is 5.10 Å². The summed E-state index contributed by atoms with van der Waals surface area (Å²) in [6.07, 6.45) is 2.71. The summed E-state index contributed by atoms with van der Waals surface area (Å²) in [4.78, 5) is 52.0. The molecule has 224 valence electrons. The standard InChI is InChI=1S/C27H25Cl2N7O7/c1-27(2)24(35(40)25(38)31-19-9-5-17(28)6-10-19)34(20-11-7-18(29)8-12-20)26(39)33(27)16-22(37)32-30-15-3-4-21-13-14-23(43-21)36(41)42/h3-15,24,40H,16H2,1-2H3,(H,31,38)(H,32,37)/b4-3-,30-15-/t24-/m1/s1. The molecule has 4 rings (SSSR count). The summed E-state index contributed by atoms with van der Waals surface area (Å²) in [6, 6.07) is 13.4. The number of amides is 5. The molecule has 2 heterocycles. The van der Waals surface area contributed by atoms with Gasteiger partial charge in [0.05, 0.1) is 11.6 Å². The largest absolute Gasteiger partial charge is 0.433 e. The van der Waals surface area contributed by atoms with Gasteiger partial charge in [0, 0.05) is 27.6 Å². The predicted molar refractivity (Wildman–Crippen MR) is 159 cm³/mol. The number of allylic oxidation sites excluding steroid dienone is 1. The maximum Gasteiger partial charge on any atom is 0.433 e. The fourth-order valence-electron chi connectivity index (χ4n) is 4.29. The second-order valence-corrected chi connectivity index (χ2v) is 10.5. The van der Waals surface area contributed by atoms with Crippen molar-refractivity contribution in [1.82, 2.24) is 15.4 Å². The minimum atomic E-state index is -1.31. The van der Waals surface area contributed by atoms with Gasteiger partial charge in [0.1, 0.15) is 17.2 Å². The van der Waals surface area contributed by atoms with E-state index < -0.39 is 47.0 Å². The molecule has 14 nitrogen and oxygen atoms in total. The number of hydrogen-bond acceptors (Lipinski definition) is 8. The maximum atomic E-state index is 13.7. The molecular formula is C27H25Cl2N7O7. The van der Waals surface area contributed by atoms with Gasteiger partial charge in [-0.15, -0.1) is 0 Å². The van der Waals surface area contributed by atoms with Crippen LogP contribution in [0.1, 0.15) is 19.6 Å². The van der Waals surface area contributed by atoms with Crippen LogP contribution in [0.25, 0.3) is 6.08 Å². The Hall–Kier alpha value is -4.92. The summed E-state index contributed by atoms with van der Waals surface area (Å²) in [7, 11) is 0. The molecule has 1 aromatic heterocycles. The molecule has 1 fully saturated rings. The number of carbonyl (C=O) groups is 3. The Morgan fingerprint density at radius 1 is 1.12 bits per heavy atom. The molecule has 0 bridgehead atoms. The number of nitro groups is 1. The van der Waals surface area contributed by atoms with Crippen LogP contribution in [-0.4, -0.2) is 62.5 Å². The number of urea groups is 2. The smallest absolute Gasteiger partial charge is 0.401 e. The highest BCUT2D eigenvalue weighted by molar-refractivity contribution is 6.31. The lowest BCUT2D eigenvalue weighted by molar-refractivity contribution is -0.402. The second-order valence-electron chi connectivity index (χ2n) is 9.63. The van der Waals surface area contributed by atoms with Gasteiger partial charge < -0.3 is 14.6 Å². The highest BCUT2D eigenvalue weighted by Gasteiger charge is 2.56. The van der Waals surface area contributed by atoms with Crippen molar-refractivity contribution in [3.8, 4) is 0 Å². The van der Waals surface area contributed by atoms with Crippen LogP contribution in [0.3, 0.4) is 0 Å². The number of halogens is 2. The highest BCUT2D eigenvalue weighted by atomic mass is 35.5. The van der Waals surface area contributed by atoms with E-state index in [4.69, 9.17) is 27.6 Å². The van der Waals surface area contributed by atoms with E-state index in [9.17, 15) is 29.7 Å². The van der Waals surface area contributed by atoms with Crippen molar-refractivity contribution < 1.29 is 28.9 Å². The van der Waals surface area contributed by atoms with Crippen molar-refractivity contribution in [2.45, 2.75) is 25.6 Å². The van der Waals surface area contributed by atoms with E-state index in [1.165, 1.54) is 40.3 Å². The van der Waals surface area contributed by atoms with Crippen molar-refractivity contribution >= 4 is 70.7 Å². The monoisotopic (exact) mass is 629 g/mol. The van der Waals surface area contributed by atoms with Crippen LogP contribution in [0.5, 0.6) is 0 Å². The summed E-state index contributed by atoms with van der Waals surface area (Å²) >= 11 is 11.9. The minimum absolute atomic E-state index is 0.205. The second kappa shape index (κ2) is 12.9. The van der Waals surface area contributed by atoms with Crippen LogP contribution in [0.2, 0.25) is 10.0 Å². The number of rotatable bonds is 9. The van der Waals surface area contributed by atoms with E-state index >= 15 is 0 Å². The molecule has 2 aromatic carbocycles. The molecule has 1 aliphatic heterocycles. The lowest BCUT2D eigenvalue weighted by Crippen LogP contribution is -2.58. The van der Waals surface area contributed by atoms with Gasteiger partial charge in [-0.05, 0) is 80.6 Å². The van der Waals surface area contributed by atoms with Gasteiger partial charge in [0.2, 0.25) is 0 Å². The number of nitrogens with zero attached hydrogens (tertiary/aromatic N) is 5. The fraction of sp³-hybridized carbons (Fsp3) is 0.185. The number of carbonyl (C=O) groups excluding carboxylic acids is 3. The van der Waals surface area contributed by atoms with Crippen molar-refractivity contribution in [3.05, 3.63) is 92.7 Å². The van der Waals surface area contributed by atoms with Crippen molar-refractivity contribution in [1.29, 1.82) is 0 Å². The first kappa shape index (κ1) is 31.0. The Bertz CT molecular complexity index is 1570. The molecule has 5 amide bonds. The van der Waals surface area contributed by atoms with Crippen molar-refractivity contribution in [3.63, 3.8) is 0 Å².